The summed E-state index contributed by atoms with van der Waals surface area (Å²) in [6.45, 7) is 2.02. The van der Waals surface area contributed by atoms with Crippen LogP contribution in [0.4, 0.5) is 20.8 Å². The van der Waals surface area contributed by atoms with Crippen LogP contribution in [0, 0.1) is 11.8 Å². The van der Waals surface area contributed by atoms with Crippen LogP contribution < -0.4 is 10.6 Å². The lowest BCUT2D eigenvalue weighted by Crippen LogP contribution is -2.32. The molecule has 2 aromatic heterocycles. The van der Waals surface area contributed by atoms with Gasteiger partial charge in [-0.15, -0.1) is 0 Å². The second-order valence-corrected chi connectivity index (χ2v) is 10.2. The molecule has 0 radical (unpaired) electrons. The number of likely N-dealkylation sites (tertiary alicyclic amines) is 1. The molecule has 0 bridgehead atoms. The highest BCUT2D eigenvalue weighted by Crippen LogP contribution is 2.29. The molecule has 10 nitrogen and oxygen atoms in total. The summed E-state index contributed by atoms with van der Waals surface area (Å²) in [7, 11) is 0. The number of nitrogens with zero attached hydrogens (tertiary/aromatic N) is 4. The zero-order valence-electron chi connectivity index (χ0n) is 21.8. The van der Waals surface area contributed by atoms with Gasteiger partial charge in [0.1, 0.15) is 24.4 Å². The van der Waals surface area contributed by atoms with Gasteiger partial charge in [0.15, 0.2) is 0 Å². The fourth-order valence-corrected chi connectivity index (χ4v) is 4.87. The van der Waals surface area contributed by atoms with E-state index in [9.17, 15) is 14.0 Å². The summed E-state index contributed by atoms with van der Waals surface area (Å²) in [6, 6.07) is 10.7. The molecule has 0 spiro atoms. The minimum absolute atomic E-state index is 0.0661. The number of hydrogen-bond donors (Lipinski definition) is 2. The third-order valence-corrected chi connectivity index (χ3v) is 7.28. The molecule has 4 heterocycles. The lowest BCUT2D eigenvalue weighted by Gasteiger charge is -2.22. The molecule has 2 atom stereocenters. The van der Waals surface area contributed by atoms with Crippen LogP contribution in [0.15, 0.2) is 55.0 Å². The third kappa shape index (κ3) is 7.02. The highest BCUT2D eigenvalue weighted by atomic mass is 35.5. The van der Waals surface area contributed by atoms with Crippen molar-refractivity contribution >= 4 is 35.2 Å². The average Bonchev–Trinajstić information content (AvgIpc) is 3.39. The molecule has 0 aliphatic carbocycles. The molecule has 40 heavy (non-hydrogen) atoms. The Morgan fingerprint density at radius 2 is 1.90 bits per heavy atom. The second kappa shape index (κ2) is 13.0. The van der Waals surface area contributed by atoms with Gasteiger partial charge in [-0.25, -0.2) is 19.2 Å². The van der Waals surface area contributed by atoms with Crippen LogP contribution in [0.1, 0.15) is 18.4 Å². The van der Waals surface area contributed by atoms with Crippen molar-refractivity contribution in [2.45, 2.75) is 25.6 Å². The molecule has 2 saturated heterocycles. The van der Waals surface area contributed by atoms with Crippen molar-refractivity contribution in [3.63, 3.8) is 0 Å². The van der Waals surface area contributed by atoms with E-state index in [1.807, 2.05) is 30.3 Å². The summed E-state index contributed by atoms with van der Waals surface area (Å²) < 4.78 is 25.5. The van der Waals surface area contributed by atoms with E-state index in [0.717, 1.165) is 38.2 Å². The summed E-state index contributed by atoms with van der Waals surface area (Å²) in [6.07, 6.45) is 4.38. The van der Waals surface area contributed by atoms with Crippen molar-refractivity contribution in [2.75, 3.05) is 43.5 Å². The van der Waals surface area contributed by atoms with Crippen LogP contribution in [0.3, 0.4) is 0 Å². The number of halogens is 2. The Balaban J connectivity index is 1.19. The number of carbonyl (C=O) groups is 2. The van der Waals surface area contributed by atoms with Crippen LogP contribution in [0.25, 0.3) is 11.3 Å². The van der Waals surface area contributed by atoms with Crippen molar-refractivity contribution in [3.8, 4) is 11.3 Å². The molecular weight excluding hydrogens is 539 g/mol. The third-order valence-electron chi connectivity index (χ3n) is 6.98. The number of anilines is 2. The standard InChI is InChI=1S/C28H30ClFN6O4/c29-22-12-33-25(10-20(22)24-13-31-14-26(34-24)32-11-18-6-8-39-9-7-18)35-27(37)21-15-36(16-23(21)30)28(38)40-17-19-4-2-1-3-5-19/h1-5,10,12-14,18,21,23H,6-9,11,15-17H2,(H,32,34)(H,33,35,37)/t21-,23+/m0/s1. The van der Waals surface area contributed by atoms with Crippen molar-refractivity contribution in [3.05, 3.63) is 65.6 Å². The molecule has 0 saturated carbocycles. The zero-order valence-corrected chi connectivity index (χ0v) is 22.5. The Morgan fingerprint density at radius 1 is 1.10 bits per heavy atom. The predicted molar refractivity (Wildman–Crippen MR) is 148 cm³/mol. The van der Waals surface area contributed by atoms with Gasteiger partial charge in [0.2, 0.25) is 5.91 Å². The number of rotatable bonds is 8. The van der Waals surface area contributed by atoms with E-state index in [0.29, 0.717) is 28.0 Å². The van der Waals surface area contributed by atoms with Gasteiger partial charge in [-0.1, -0.05) is 41.9 Å². The number of carbonyl (C=O) groups excluding carboxylic acids is 2. The quantitative estimate of drug-likeness (QED) is 0.405. The maximum absolute atomic E-state index is 14.8. The van der Waals surface area contributed by atoms with Crippen molar-refractivity contribution in [1.29, 1.82) is 0 Å². The van der Waals surface area contributed by atoms with Gasteiger partial charge in [0.25, 0.3) is 0 Å². The van der Waals surface area contributed by atoms with Gasteiger partial charge in [-0.05, 0) is 30.4 Å². The Bertz CT molecular complexity index is 1330. The SMILES string of the molecule is O=C(Nc1cc(-c2cncc(NCC3CCOCC3)n2)c(Cl)cn1)[C@H]1CN(C(=O)OCc2ccccc2)C[C@H]1F. The smallest absolute Gasteiger partial charge is 0.410 e. The van der Waals surface area contributed by atoms with Gasteiger partial charge in [-0.3, -0.25) is 9.78 Å². The van der Waals surface area contributed by atoms with Crippen LogP contribution in [0.5, 0.6) is 0 Å². The monoisotopic (exact) mass is 568 g/mol. The van der Waals surface area contributed by atoms with Gasteiger partial charge < -0.3 is 25.0 Å². The highest BCUT2D eigenvalue weighted by molar-refractivity contribution is 6.33. The van der Waals surface area contributed by atoms with Crippen molar-refractivity contribution in [1.82, 2.24) is 19.9 Å². The van der Waals surface area contributed by atoms with Gasteiger partial charge in [0.05, 0.1) is 35.6 Å². The number of nitrogens with one attached hydrogen (secondary N) is 2. The molecule has 2 aliphatic rings. The maximum atomic E-state index is 14.8. The fourth-order valence-electron chi connectivity index (χ4n) is 4.67. The van der Waals surface area contributed by atoms with E-state index in [2.05, 4.69) is 25.6 Å². The minimum Gasteiger partial charge on any atom is -0.445 e. The fraction of sp³-hybridized carbons (Fsp3) is 0.393. The van der Waals surface area contributed by atoms with Crippen LogP contribution >= 0.6 is 11.6 Å². The average molecular weight is 569 g/mol. The van der Waals surface area contributed by atoms with E-state index in [4.69, 9.17) is 21.1 Å². The lowest BCUT2D eigenvalue weighted by atomic mass is 10.0. The van der Waals surface area contributed by atoms with Gasteiger partial charge in [0, 0.05) is 38.1 Å². The number of aromatic nitrogens is 3. The Morgan fingerprint density at radius 3 is 2.70 bits per heavy atom. The minimum atomic E-state index is -1.54. The second-order valence-electron chi connectivity index (χ2n) is 9.83. The van der Waals surface area contributed by atoms with E-state index in [1.165, 1.54) is 11.1 Å². The maximum Gasteiger partial charge on any atom is 0.410 e. The number of alkyl halides is 1. The first kappa shape index (κ1) is 27.7. The molecule has 210 valence electrons. The zero-order chi connectivity index (χ0) is 27.9. The topological polar surface area (TPSA) is 119 Å². The Labute approximate surface area is 236 Å². The summed E-state index contributed by atoms with van der Waals surface area (Å²) in [5.74, 6) is -0.369. The first-order valence-electron chi connectivity index (χ1n) is 13.2. The summed E-state index contributed by atoms with van der Waals surface area (Å²) >= 11 is 6.40. The largest absolute Gasteiger partial charge is 0.445 e. The molecular formula is C28H30ClFN6O4. The van der Waals surface area contributed by atoms with Crippen molar-refractivity contribution in [2.24, 2.45) is 11.8 Å². The molecule has 2 fully saturated rings. The van der Waals surface area contributed by atoms with Crippen molar-refractivity contribution < 1.29 is 23.5 Å². The van der Waals surface area contributed by atoms with Crippen LogP contribution in [-0.2, 0) is 20.9 Å². The molecule has 0 unspecified atom stereocenters. The highest BCUT2D eigenvalue weighted by Gasteiger charge is 2.40. The first-order chi connectivity index (χ1) is 19.5. The number of hydrogen-bond acceptors (Lipinski definition) is 8. The van der Waals surface area contributed by atoms with E-state index in [-0.39, 0.29) is 25.5 Å². The molecule has 5 rings (SSSR count). The normalized spacial score (nSPS) is 19.3. The van der Waals surface area contributed by atoms with Crippen LogP contribution in [0.2, 0.25) is 5.02 Å². The van der Waals surface area contributed by atoms with E-state index in [1.54, 1.807) is 18.5 Å². The van der Waals surface area contributed by atoms with Gasteiger partial charge >= 0.3 is 6.09 Å². The molecule has 3 aromatic rings. The molecule has 1 aromatic carbocycles. The van der Waals surface area contributed by atoms with Crippen LogP contribution in [-0.4, -0.2) is 70.9 Å². The molecule has 2 amide bonds. The first-order valence-corrected chi connectivity index (χ1v) is 13.5. The summed E-state index contributed by atoms with van der Waals surface area (Å²) in [5.41, 5.74) is 1.83. The molecule has 2 N–H and O–H groups in total. The number of ether oxygens (including phenoxy) is 2. The van der Waals surface area contributed by atoms with E-state index >= 15 is 0 Å². The number of amides is 2. The predicted octanol–water partition coefficient (Wildman–Crippen LogP) is 4.58. The molecule has 12 heteroatoms. The number of pyridine rings is 1. The summed E-state index contributed by atoms with van der Waals surface area (Å²) in [5, 5.41) is 6.30. The van der Waals surface area contributed by atoms with Gasteiger partial charge in [-0.2, -0.15) is 0 Å². The number of benzene rings is 1. The van der Waals surface area contributed by atoms with E-state index < -0.39 is 24.1 Å². The lowest BCUT2D eigenvalue weighted by molar-refractivity contribution is -0.120. The Kier molecular flexibility index (Phi) is 9.02. The summed E-state index contributed by atoms with van der Waals surface area (Å²) in [4.78, 5) is 39.7. The Hall–Kier alpha value is -3.83. The molecule has 2 aliphatic heterocycles.